The molecule has 2 heterocycles. The van der Waals surface area contributed by atoms with Gasteiger partial charge < -0.3 is 19.5 Å². The molecule has 0 atom stereocenters. The quantitative estimate of drug-likeness (QED) is 0.802. The van der Waals surface area contributed by atoms with E-state index in [2.05, 4.69) is 22.3 Å². The standard InChI is InChI=1S/C24H31N3O2/c28-24(25-19-3-1-4-19)18-11-14-27(17-18)21-7-9-22(10-8-21)29-23-12-15-26(16-13-23)20-5-2-6-20/h7-11,14,17,19-20,23H,1-6,12-13,15-16H2,(H,25,28). The van der Waals surface area contributed by atoms with E-state index in [4.69, 9.17) is 4.74 Å². The molecular weight excluding hydrogens is 362 g/mol. The molecule has 1 amide bonds. The zero-order valence-corrected chi connectivity index (χ0v) is 17.1. The minimum atomic E-state index is 0.0293. The van der Waals surface area contributed by atoms with Crippen LogP contribution in [0.3, 0.4) is 0 Å². The largest absolute Gasteiger partial charge is 0.490 e. The highest BCUT2D eigenvalue weighted by atomic mass is 16.5. The molecule has 0 bridgehead atoms. The molecule has 2 aromatic rings. The maximum atomic E-state index is 12.3. The minimum Gasteiger partial charge on any atom is -0.490 e. The van der Waals surface area contributed by atoms with Gasteiger partial charge in [0.05, 0.1) is 5.56 Å². The first-order valence-electron chi connectivity index (χ1n) is 11.2. The Hall–Kier alpha value is -2.27. The molecule has 0 radical (unpaired) electrons. The van der Waals surface area contributed by atoms with Crippen molar-refractivity contribution >= 4 is 5.91 Å². The monoisotopic (exact) mass is 393 g/mol. The van der Waals surface area contributed by atoms with Gasteiger partial charge in [-0.15, -0.1) is 0 Å². The molecule has 2 saturated carbocycles. The van der Waals surface area contributed by atoms with E-state index in [0.29, 0.717) is 12.1 Å². The average Bonchev–Trinajstić information content (AvgIpc) is 3.16. The molecule has 5 rings (SSSR count). The highest BCUT2D eigenvalue weighted by Crippen LogP contribution is 2.29. The summed E-state index contributed by atoms with van der Waals surface area (Å²) in [7, 11) is 0. The second-order valence-electron chi connectivity index (χ2n) is 8.84. The summed E-state index contributed by atoms with van der Waals surface area (Å²) < 4.78 is 8.23. The molecule has 1 aliphatic heterocycles. The van der Waals surface area contributed by atoms with E-state index in [1.54, 1.807) is 0 Å². The molecule has 3 fully saturated rings. The predicted octanol–water partition coefficient (Wildman–Crippen LogP) is 4.16. The van der Waals surface area contributed by atoms with Crippen molar-refractivity contribution in [1.82, 2.24) is 14.8 Å². The third-order valence-corrected chi connectivity index (χ3v) is 6.90. The smallest absolute Gasteiger partial charge is 0.253 e. The van der Waals surface area contributed by atoms with E-state index < -0.39 is 0 Å². The lowest BCUT2D eigenvalue weighted by Crippen LogP contribution is -2.46. The molecule has 29 heavy (non-hydrogen) atoms. The minimum absolute atomic E-state index is 0.0293. The van der Waals surface area contributed by atoms with E-state index in [1.807, 2.05) is 35.2 Å². The third kappa shape index (κ3) is 4.20. The number of piperidine rings is 1. The van der Waals surface area contributed by atoms with Crippen LogP contribution in [0.2, 0.25) is 0 Å². The van der Waals surface area contributed by atoms with Crippen LogP contribution >= 0.6 is 0 Å². The van der Waals surface area contributed by atoms with Gasteiger partial charge in [0.2, 0.25) is 0 Å². The second-order valence-corrected chi connectivity index (χ2v) is 8.84. The van der Waals surface area contributed by atoms with Gasteiger partial charge in [-0.3, -0.25) is 4.79 Å². The summed E-state index contributed by atoms with van der Waals surface area (Å²) in [5, 5.41) is 3.09. The molecule has 154 valence electrons. The Balaban J connectivity index is 1.15. The van der Waals surface area contributed by atoms with E-state index in [9.17, 15) is 4.79 Å². The first-order chi connectivity index (χ1) is 14.2. The summed E-state index contributed by atoms with van der Waals surface area (Å²) >= 11 is 0. The Labute approximate surface area is 173 Å². The number of hydrogen-bond acceptors (Lipinski definition) is 3. The molecule has 2 aliphatic carbocycles. The van der Waals surface area contributed by atoms with Crippen molar-refractivity contribution in [2.24, 2.45) is 0 Å². The van der Waals surface area contributed by atoms with Crippen molar-refractivity contribution in [1.29, 1.82) is 0 Å². The third-order valence-electron chi connectivity index (χ3n) is 6.90. The van der Waals surface area contributed by atoms with E-state index in [0.717, 1.165) is 48.7 Å². The van der Waals surface area contributed by atoms with Gasteiger partial charge in [-0.05, 0) is 75.3 Å². The number of ether oxygens (including phenoxy) is 1. The van der Waals surface area contributed by atoms with Crippen molar-refractivity contribution in [3.8, 4) is 11.4 Å². The van der Waals surface area contributed by atoms with Crippen LogP contribution in [-0.2, 0) is 0 Å². The van der Waals surface area contributed by atoms with Crippen molar-refractivity contribution in [3.05, 3.63) is 48.3 Å². The van der Waals surface area contributed by atoms with Gasteiger partial charge in [0, 0.05) is 43.3 Å². The second kappa shape index (κ2) is 8.23. The SMILES string of the molecule is O=C(NC1CCC1)c1ccn(-c2ccc(OC3CCN(C4CCC4)CC3)cc2)c1. The van der Waals surface area contributed by atoms with Crippen LogP contribution in [0.15, 0.2) is 42.7 Å². The maximum Gasteiger partial charge on any atom is 0.253 e. The molecule has 1 saturated heterocycles. The summed E-state index contributed by atoms with van der Waals surface area (Å²) in [6.07, 6.45) is 14.0. The van der Waals surface area contributed by atoms with Gasteiger partial charge in [-0.1, -0.05) is 6.42 Å². The van der Waals surface area contributed by atoms with Crippen LogP contribution < -0.4 is 10.1 Å². The number of nitrogens with zero attached hydrogens (tertiary/aromatic N) is 2. The van der Waals surface area contributed by atoms with Gasteiger partial charge >= 0.3 is 0 Å². The van der Waals surface area contributed by atoms with Crippen molar-refractivity contribution in [2.75, 3.05) is 13.1 Å². The van der Waals surface area contributed by atoms with Crippen LogP contribution in [0.1, 0.15) is 61.7 Å². The van der Waals surface area contributed by atoms with Crippen LogP contribution in [0, 0.1) is 0 Å². The van der Waals surface area contributed by atoms with Gasteiger partial charge in [0.15, 0.2) is 0 Å². The van der Waals surface area contributed by atoms with Crippen molar-refractivity contribution in [3.63, 3.8) is 0 Å². The number of carbonyl (C=O) groups excluding carboxylic acids is 1. The van der Waals surface area contributed by atoms with E-state index >= 15 is 0 Å². The van der Waals surface area contributed by atoms with Gasteiger partial charge in [-0.2, -0.15) is 0 Å². The average molecular weight is 394 g/mol. The fourth-order valence-corrected chi connectivity index (χ4v) is 4.51. The molecular formula is C24H31N3O2. The Morgan fingerprint density at radius 1 is 0.931 bits per heavy atom. The fraction of sp³-hybridized carbons (Fsp3) is 0.542. The molecule has 0 unspecified atom stereocenters. The maximum absolute atomic E-state index is 12.3. The van der Waals surface area contributed by atoms with Crippen molar-refractivity contribution in [2.45, 2.75) is 69.6 Å². The first-order valence-corrected chi connectivity index (χ1v) is 11.2. The number of likely N-dealkylation sites (tertiary alicyclic amines) is 1. The number of rotatable bonds is 6. The molecule has 1 aromatic carbocycles. The molecule has 5 nitrogen and oxygen atoms in total. The normalized spacial score (nSPS) is 21.4. The van der Waals surface area contributed by atoms with Gasteiger partial charge in [0.25, 0.3) is 5.91 Å². The predicted molar refractivity (Wildman–Crippen MR) is 114 cm³/mol. The summed E-state index contributed by atoms with van der Waals surface area (Å²) in [5.41, 5.74) is 1.76. The summed E-state index contributed by atoms with van der Waals surface area (Å²) in [6, 6.07) is 11.3. The topological polar surface area (TPSA) is 46.5 Å². The number of aromatic nitrogens is 1. The van der Waals surface area contributed by atoms with Crippen molar-refractivity contribution < 1.29 is 9.53 Å². The molecule has 1 N–H and O–H groups in total. The number of hydrogen-bond donors (Lipinski definition) is 1. The number of benzene rings is 1. The fourth-order valence-electron chi connectivity index (χ4n) is 4.51. The van der Waals surface area contributed by atoms with Crippen LogP contribution in [-0.4, -0.2) is 46.7 Å². The lowest BCUT2D eigenvalue weighted by Gasteiger charge is -2.41. The zero-order valence-electron chi connectivity index (χ0n) is 17.1. The number of nitrogens with one attached hydrogen (secondary N) is 1. The summed E-state index contributed by atoms with van der Waals surface area (Å²) in [6.45, 7) is 2.34. The molecule has 3 aliphatic rings. The Morgan fingerprint density at radius 3 is 2.28 bits per heavy atom. The van der Waals surface area contributed by atoms with Crippen LogP contribution in [0.4, 0.5) is 0 Å². The van der Waals surface area contributed by atoms with Gasteiger partial charge in [-0.25, -0.2) is 0 Å². The number of carbonyl (C=O) groups is 1. The number of amides is 1. The highest BCUT2D eigenvalue weighted by molar-refractivity contribution is 5.94. The lowest BCUT2D eigenvalue weighted by molar-refractivity contribution is 0.0493. The van der Waals surface area contributed by atoms with E-state index in [-0.39, 0.29) is 5.91 Å². The Kier molecular flexibility index (Phi) is 5.32. The highest BCUT2D eigenvalue weighted by Gasteiger charge is 2.29. The summed E-state index contributed by atoms with van der Waals surface area (Å²) in [4.78, 5) is 15.0. The Morgan fingerprint density at radius 2 is 1.66 bits per heavy atom. The molecule has 0 spiro atoms. The van der Waals surface area contributed by atoms with Crippen LogP contribution in [0.25, 0.3) is 5.69 Å². The lowest BCUT2D eigenvalue weighted by atomic mass is 9.90. The first kappa shape index (κ1) is 18.7. The van der Waals surface area contributed by atoms with Gasteiger partial charge in [0.1, 0.15) is 11.9 Å². The molecule has 5 heteroatoms. The van der Waals surface area contributed by atoms with E-state index in [1.165, 1.54) is 38.8 Å². The Bertz CT molecular complexity index is 828. The van der Waals surface area contributed by atoms with Crippen LogP contribution in [0.5, 0.6) is 5.75 Å². The molecule has 1 aromatic heterocycles. The summed E-state index contributed by atoms with van der Waals surface area (Å²) in [5.74, 6) is 0.965. The zero-order chi connectivity index (χ0) is 19.6.